The largest absolute Gasteiger partial charge is 0.462 e. The van der Waals surface area contributed by atoms with Crippen molar-refractivity contribution in [1.29, 1.82) is 0 Å². The Morgan fingerprint density at radius 1 is 1.45 bits per heavy atom. The molecule has 0 amide bonds. The average molecular weight is 292 g/mol. The highest BCUT2D eigenvalue weighted by atomic mass is 32.1. The maximum absolute atomic E-state index is 9.18. The zero-order chi connectivity index (χ0) is 13.8. The first-order valence-corrected chi connectivity index (χ1v) is 8.08. The van der Waals surface area contributed by atoms with Gasteiger partial charge in [0, 0.05) is 24.6 Å². The molecule has 0 radical (unpaired) electrons. The fourth-order valence-electron chi connectivity index (χ4n) is 2.85. The van der Waals surface area contributed by atoms with Gasteiger partial charge in [-0.3, -0.25) is 4.90 Å². The number of thiazole rings is 1. The van der Waals surface area contributed by atoms with Crippen LogP contribution in [0.1, 0.15) is 31.4 Å². The highest BCUT2D eigenvalue weighted by Gasteiger charge is 2.22. The molecule has 0 spiro atoms. The third kappa shape index (κ3) is 3.11. The minimum absolute atomic E-state index is 0.274. The van der Waals surface area contributed by atoms with E-state index in [9.17, 15) is 5.11 Å². The van der Waals surface area contributed by atoms with E-state index in [4.69, 9.17) is 4.42 Å². The van der Waals surface area contributed by atoms with Crippen LogP contribution in [-0.4, -0.2) is 34.2 Å². The summed E-state index contributed by atoms with van der Waals surface area (Å²) >= 11 is 1.63. The first-order valence-electron chi connectivity index (χ1n) is 7.20. The molecule has 5 heteroatoms. The van der Waals surface area contributed by atoms with Crippen LogP contribution in [0.3, 0.4) is 0 Å². The molecule has 1 aliphatic rings. The SMILES string of the molecule is OCCC1CCCCN1Cc1csc(-c2ccco2)n1. The monoisotopic (exact) mass is 292 g/mol. The van der Waals surface area contributed by atoms with Gasteiger partial charge in [-0.2, -0.15) is 0 Å². The average Bonchev–Trinajstić information content (AvgIpc) is 3.12. The molecule has 3 heterocycles. The van der Waals surface area contributed by atoms with E-state index in [-0.39, 0.29) is 6.61 Å². The van der Waals surface area contributed by atoms with Crippen LogP contribution in [0.5, 0.6) is 0 Å². The summed E-state index contributed by atoms with van der Waals surface area (Å²) in [4.78, 5) is 7.12. The number of likely N-dealkylation sites (tertiary alicyclic amines) is 1. The Hall–Kier alpha value is -1.17. The number of hydrogen-bond acceptors (Lipinski definition) is 5. The molecule has 1 atom stereocenters. The van der Waals surface area contributed by atoms with Crippen molar-refractivity contribution in [2.24, 2.45) is 0 Å². The summed E-state index contributed by atoms with van der Waals surface area (Å²) in [6.45, 7) is 2.26. The molecule has 0 aliphatic carbocycles. The topological polar surface area (TPSA) is 49.5 Å². The Balaban J connectivity index is 1.67. The van der Waals surface area contributed by atoms with Crippen LogP contribution in [0, 0.1) is 0 Å². The maximum atomic E-state index is 9.18. The zero-order valence-corrected chi connectivity index (χ0v) is 12.3. The predicted octanol–water partition coefficient (Wildman–Crippen LogP) is 3.14. The molecule has 1 aliphatic heterocycles. The van der Waals surface area contributed by atoms with E-state index in [1.807, 2.05) is 12.1 Å². The number of aliphatic hydroxyl groups excluding tert-OH is 1. The van der Waals surface area contributed by atoms with E-state index >= 15 is 0 Å². The first-order chi connectivity index (χ1) is 9.86. The molecule has 0 aromatic carbocycles. The lowest BCUT2D eigenvalue weighted by Gasteiger charge is -2.34. The number of aromatic nitrogens is 1. The van der Waals surface area contributed by atoms with Crippen LogP contribution in [0.2, 0.25) is 0 Å². The molecule has 1 N–H and O–H groups in total. The van der Waals surface area contributed by atoms with Gasteiger partial charge in [0.05, 0.1) is 12.0 Å². The summed E-state index contributed by atoms with van der Waals surface area (Å²) in [7, 11) is 0. The van der Waals surface area contributed by atoms with Gasteiger partial charge < -0.3 is 9.52 Å². The van der Waals surface area contributed by atoms with Crippen molar-refractivity contribution in [2.45, 2.75) is 38.3 Å². The van der Waals surface area contributed by atoms with Crippen LogP contribution in [0.15, 0.2) is 28.2 Å². The summed E-state index contributed by atoms with van der Waals surface area (Å²) in [6.07, 6.45) is 6.26. The van der Waals surface area contributed by atoms with Crippen LogP contribution in [0.4, 0.5) is 0 Å². The smallest absolute Gasteiger partial charge is 0.162 e. The van der Waals surface area contributed by atoms with Crippen molar-refractivity contribution < 1.29 is 9.52 Å². The standard InChI is InChI=1S/C15H20N2O2S/c18-8-6-13-4-1-2-7-17(13)10-12-11-20-15(16-12)14-5-3-9-19-14/h3,5,9,11,13,18H,1-2,4,6-8,10H2. The number of piperidine rings is 1. The molecule has 1 unspecified atom stereocenters. The van der Waals surface area contributed by atoms with Gasteiger partial charge in [-0.15, -0.1) is 11.3 Å². The second-order valence-electron chi connectivity index (χ2n) is 5.25. The van der Waals surface area contributed by atoms with Crippen molar-refractivity contribution in [3.63, 3.8) is 0 Å². The minimum atomic E-state index is 0.274. The van der Waals surface area contributed by atoms with Crippen molar-refractivity contribution in [3.8, 4) is 10.8 Å². The van der Waals surface area contributed by atoms with Gasteiger partial charge in [-0.25, -0.2) is 4.98 Å². The Morgan fingerprint density at radius 2 is 2.40 bits per heavy atom. The molecular formula is C15H20N2O2S. The normalized spacial score (nSPS) is 20.4. The quantitative estimate of drug-likeness (QED) is 0.920. The van der Waals surface area contributed by atoms with Crippen LogP contribution >= 0.6 is 11.3 Å². The molecule has 3 rings (SSSR count). The minimum Gasteiger partial charge on any atom is -0.462 e. The van der Waals surface area contributed by atoms with E-state index in [1.165, 1.54) is 19.3 Å². The fourth-order valence-corrected chi connectivity index (χ4v) is 3.62. The van der Waals surface area contributed by atoms with Gasteiger partial charge in [-0.1, -0.05) is 6.42 Å². The molecule has 4 nitrogen and oxygen atoms in total. The van der Waals surface area contributed by atoms with Crippen molar-refractivity contribution in [2.75, 3.05) is 13.2 Å². The second kappa shape index (κ2) is 6.52. The Kier molecular flexibility index (Phi) is 4.50. The lowest BCUT2D eigenvalue weighted by atomic mass is 9.99. The fraction of sp³-hybridized carbons (Fsp3) is 0.533. The van der Waals surface area contributed by atoms with E-state index in [0.717, 1.165) is 36.0 Å². The molecule has 0 bridgehead atoms. The number of nitrogens with zero attached hydrogens (tertiary/aromatic N) is 2. The van der Waals surface area contributed by atoms with Gasteiger partial charge in [0.25, 0.3) is 0 Å². The van der Waals surface area contributed by atoms with E-state index in [1.54, 1.807) is 17.6 Å². The van der Waals surface area contributed by atoms with Crippen molar-refractivity contribution in [3.05, 3.63) is 29.5 Å². The highest BCUT2D eigenvalue weighted by Crippen LogP contribution is 2.26. The van der Waals surface area contributed by atoms with E-state index in [2.05, 4.69) is 15.3 Å². The highest BCUT2D eigenvalue weighted by molar-refractivity contribution is 7.13. The lowest BCUT2D eigenvalue weighted by Crippen LogP contribution is -2.39. The lowest BCUT2D eigenvalue weighted by molar-refractivity contribution is 0.111. The summed E-state index contributed by atoms with van der Waals surface area (Å²) in [6, 6.07) is 4.33. The van der Waals surface area contributed by atoms with Gasteiger partial charge in [0.2, 0.25) is 0 Å². The predicted molar refractivity (Wildman–Crippen MR) is 79.6 cm³/mol. The first kappa shape index (κ1) is 13.8. The Bertz CT molecular complexity index is 522. The number of rotatable bonds is 5. The third-order valence-electron chi connectivity index (χ3n) is 3.86. The summed E-state index contributed by atoms with van der Waals surface area (Å²) in [5.41, 5.74) is 1.10. The summed E-state index contributed by atoms with van der Waals surface area (Å²) in [5, 5.41) is 12.2. The van der Waals surface area contributed by atoms with Gasteiger partial charge in [-0.05, 0) is 37.9 Å². The molecular weight excluding hydrogens is 272 g/mol. The molecule has 108 valence electrons. The van der Waals surface area contributed by atoms with E-state index in [0.29, 0.717) is 6.04 Å². The zero-order valence-electron chi connectivity index (χ0n) is 11.5. The number of furan rings is 1. The number of hydrogen-bond donors (Lipinski definition) is 1. The molecule has 2 aromatic heterocycles. The third-order valence-corrected chi connectivity index (χ3v) is 4.77. The maximum Gasteiger partial charge on any atom is 0.162 e. The molecule has 1 saturated heterocycles. The van der Waals surface area contributed by atoms with Crippen LogP contribution in [0.25, 0.3) is 10.8 Å². The van der Waals surface area contributed by atoms with Crippen molar-refractivity contribution in [1.82, 2.24) is 9.88 Å². The van der Waals surface area contributed by atoms with Crippen LogP contribution in [-0.2, 0) is 6.54 Å². The van der Waals surface area contributed by atoms with Crippen LogP contribution < -0.4 is 0 Å². The van der Waals surface area contributed by atoms with E-state index < -0.39 is 0 Å². The Labute approximate surface area is 123 Å². The number of aliphatic hydroxyl groups is 1. The molecule has 20 heavy (non-hydrogen) atoms. The van der Waals surface area contributed by atoms with Crippen molar-refractivity contribution >= 4 is 11.3 Å². The molecule has 0 saturated carbocycles. The Morgan fingerprint density at radius 3 is 3.20 bits per heavy atom. The molecule has 2 aromatic rings. The van der Waals surface area contributed by atoms with Gasteiger partial charge >= 0.3 is 0 Å². The summed E-state index contributed by atoms with van der Waals surface area (Å²) in [5.74, 6) is 0.840. The molecule has 1 fully saturated rings. The summed E-state index contributed by atoms with van der Waals surface area (Å²) < 4.78 is 5.38. The van der Waals surface area contributed by atoms with Gasteiger partial charge in [0.1, 0.15) is 0 Å². The van der Waals surface area contributed by atoms with Gasteiger partial charge in [0.15, 0.2) is 10.8 Å². The second-order valence-corrected chi connectivity index (χ2v) is 6.11.